The Morgan fingerprint density at radius 2 is 2.12 bits per heavy atom. The van der Waals surface area contributed by atoms with Crippen molar-refractivity contribution in [3.05, 3.63) is 12.2 Å². The number of nitrogens with one attached hydrogen (secondary N) is 1. The standard InChI is InChI=1S/C14H22N2O/c17-14(9-11-3-1-2-4-11)16-8-7-12-5-6-13(10-16)15-12/h1,3,11-13,15H,2,4-10H2. The van der Waals surface area contributed by atoms with Gasteiger partial charge in [0.15, 0.2) is 0 Å². The van der Waals surface area contributed by atoms with Crippen LogP contribution in [0.3, 0.4) is 0 Å². The zero-order valence-corrected chi connectivity index (χ0v) is 10.4. The van der Waals surface area contributed by atoms with E-state index in [0.717, 1.165) is 32.4 Å². The number of hydrogen-bond donors (Lipinski definition) is 1. The van der Waals surface area contributed by atoms with Gasteiger partial charge in [0.05, 0.1) is 0 Å². The van der Waals surface area contributed by atoms with Crippen molar-refractivity contribution in [2.75, 3.05) is 13.1 Å². The maximum atomic E-state index is 12.2. The lowest BCUT2D eigenvalue weighted by molar-refractivity contribution is -0.132. The number of hydrogen-bond acceptors (Lipinski definition) is 2. The summed E-state index contributed by atoms with van der Waals surface area (Å²) >= 11 is 0. The van der Waals surface area contributed by atoms with Gasteiger partial charge in [0.25, 0.3) is 0 Å². The molecular formula is C14H22N2O. The summed E-state index contributed by atoms with van der Waals surface area (Å²) < 4.78 is 0. The van der Waals surface area contributed by atoms with Gasteiger partial charge in [-0.2, -0.15) is 0 Å². The van der Waals surface area contributed by atoms with Gasteiger partial charge in [0.2, 0.25) is 5.91 Å². The molecule has 0 spiro atoms. The predicted octanol–water partition coefficient (Wildman–Crippen LogP) is 1.70. The molecule has 3 rings (SSSR count). The molecule has 0 radical (unpaired) electrons. The molecule has 2 saturated heterocycles. The van der Waals surface area contributed by atoms with E-state index in [-0.39, 0.29) is 0 Å². The minimum atomic E-state index is 0.371. The van der Waals surface area contributed by atoms with Crippen molar-refractivity contribution in [2.24, 2.45) is 5.92 Å². The number of nitrogens with zero attached hydrogens (tertiary/aromatic N) is 1. The molecule has 3 heteroatoms. The summed E-state index contributed by atoms with van der Waals surface area (Å²) in [6.45, 7) is 1.90. The third-order valence-corrected chi connectivity index (χ3v) is 4.43. The topological polar surface area (TPSA) is 32.3 Å². The lowest BCUT2D eigenvalue weighted by Gasteiger charge is -2.25. The average molecular weight is 234 g/mol. The lowest BCUT2D eigenvalue weighted by Crippen LogP contribution is -2.39. The van der Waals surface area contributed by atoms with Crippen LogP contribution in [0.25, 0.3) is 0 Å². The van der Waals surface area contributed by atoms with E-state index in [4.69, 9.17) is 0 Å². The molecule has 0 saturated carbocycles. The quantitative estimate of drug-likeness (QED) is 0.738. The monoisotopic (exact) mass is 234 g/mol. The van der Waals surface area contributed by atoms with Crippen LogP contribution in [0.15, 0.2) is 12.2 Å². The minimum Gasteiger partial charge on any atom is -0.341 e. The molecule has 2 bridgehead atoms. The van der Waals surface area contributed by atoms with E-state index in [0.29, 0.717) is 23.9 Å². The SMILES string of the molecule is O=C(CC1C=CCC1)N1CCC2CCC(C1)N2. The first kappa shape index (κ1) is 11.3. The van der Waals surface area contributed by atoms with Crippen LogP contribution in [0, 0.1) is 5.92 Å². The summed E-state index contributed by atoms with van der Waals surface area (Å²) in [5.41, 5.74) is 0. The number of amides is 1. The molecule has 3 nitrogen and oxygen atoms in total. The van der Waals surface area contributed by atoms with Gasteiger partial charge in [-0.25, -0.2) is 0 Å². The highest BCUT2D eigenvalue weighted by atomic mass is 16.2. The Morgan fingerprint density at radius 3 is 2.94 bits per heavy atom. The molecule has 0 aromatic rings. The van der Waals surface area contributed by atoms with Gasteiger partial charge in [-0.15, -0.1) is 0 Å². The second-order valence-electron chi connectivity index (χ2n) is 5.74. The van der Waals surface area contributed by atoms with Crippen LogP contribution < -0.4 is 5.32 Å². The second kappa shape index (κ2) is 4.81. The molecule has 3 aliphatic rings. The van der Waals surface area contributed by atoms with Crippen molar-refractivity contribution < 1.29 is 4.79 Å². The van der Waals surface area contributed by atoms with Crippen LogP contribution in [0.5, 0.6) is 0 Å². The first-order chi connectivity index (χ1) is 8.31. The lowest BCUT2D eigenvalue weighted by atomic mass is 10.0. The van der Waals surface area contributed by atoms with Crippen molar-refractivity contribution in [3.63, 3.8) is 0 Å². The van der Waals surface area contributed by atoms with Gasteiger partial charge < -0.3 is 10.2 Å². The zero-order chi connectivity index (χ0) is 11.7. The van der Waals surface area contributed by atoms with Gasteiger partial charge in [-0.3, -0.25) is 4.79 Å². The van der Waals surface area contributed by atoms with Crippen LogP contribution in [0.1, 0.15) is 38.5 Å². The highest BCUT2D eigenvalue weighted by Gasteiger charge is 2.31. The fourth-order valence-electron chi connectivity index (χ4n) is 3.39. The van der Waals surface area contributed by atoms with E-state index in [1.54, 1.807) is 0 Å². The van der Waals surface area contributed by atoms with Crippen molar-refractivity contribution in [1.82, 2.24) is 10.2 Å². The summed E-state index contributed by atoms with van der Waals surface area (Å²) in [4.78, 5) is 14.3. The Kier molecular flexibility index (Phi) is 3.19. The van der Waals surface area contributed by atoms with E-state index in [1.165, 1.54) is 19.3 Å². The average Bonchev–Trinajstić information content (AvgIpc) is 2.88. The Labute approximate surface area is 103 Å². The summed E-state index contributed by atoms with van der Waals surface area (Å²) in [6.07, 6.45) is 11.2. The van der Waals surface area contributed by atoms with Crippen molar-refractivity contribution in [2.45, 2.75) is 50.6 Å². The van der Waals surface area contributed by atoms with Crippen LogP contribution in [0.2, 0.25) is 0 Å². The number of likely N-dealkylation sites (tertiary alicyclic amines) is 1. The van der Waals surface area contributed by atoms with E-state index < -0.39 is 0 Å². The summed E-state index contributed by atoms with van der Waals surface area (Å²) in [7, 11) is 0. The van der Waals surface area contributed by atoms with Crippen LogP contribution in [0.4, 0.5) is 0 Å². The van der Waals surface area contributed by atoms with E-state index in [2.05, 4.69) is 22.4 Å². The molecule has 3 atom stereocenters. The van der Waals surface area contributed by atoms with Gasteiger partial charge in [0.1, 0.15) is 0 Å². The Morgan fingerprint density at radius 1 is 1.24 bits per heavy atom. The molecule has 2 aliphatic heterocycles. The molecular weight excluding hydrogens is 212 g/mol. The molecule has 2 heterocycles. The zero-order valence-electron chi connectivity index (χ0n) is 10.4. The maximum absolute atomic E-state index is 12.2. The largest absolute Gasteiger partial charge is 0.341 e. The third-order valence-electron chi connectivity index (χ3n) is 4.43. The third kappa shape index (κ3) is 2.54. The van der Waals surface area contributed by atoms with Crippen LogP contribution >= 0.6 is 0 Å². The van der Waals surface area contributed by atoms with E-state index in [1.807, 2.05) is 0 Å². The van der Waals surface area contributed by atoms with Crippen LogP contribution in [-0.2, 0) is 4.79 Å². The predicted molar refractivity (Wildman–Crippen MR) is 67.6 cm³/mol. The summed E-state index contributed by atoms with van der Waals surface area (Å²) in [5, 5.41) is 3.62. The van der Waals surface area contributed by atoms with Gasteiger partial charge >= 0.3 is 0 Å². The Balaban J connectivity index is 1.56. The van der Waals surface area contributed by atoms with Gasteiger partial charge in [0, 0.05) is 31.6 Å². The molecule has 1 aliphatic carbocycles. The minimum absolute atomic E-state index is 0.371. The summed E-state index contributed by atoms with van der Waals surface area (Å²) in [6, 6.07) is 1.23. The fraction of sp³-hybridized carbons (Fsp3) is 0.786. The smallest absolute Gasteiger partial charge is 0.223 e. The van der Waals surface area contributed by atoms with Gasteiger partial charge in [-0.05, 0) is 38.0 Å². The maximum Gasteiger partial charge on any atom is 0.223 e. The normalized spacial score (nSPS) is 36.2. The molecule has 1 N–H and O–H groups in total. The molecule has 17 heavy (non-hydrogen) atoms. The van der Waals surface area contributed by atoms with Gasteiger partial charge in [-0.1, -0.05) is 12.2 Å². The first-order valence-corrected chi connectivity index (χ1v) is 7.02. The second-order valence-corrected chi connectivity index (χ2v) is 5.74. The molecule has 94 valence electrons. The summed E-state index contributed by atoms with van der Waals surface area (Å²) in [5.74, 6) is 0.881. The highest BCUT2D eigenvalue weighted by Crippen LogP contribution is 2.24. The number of carbonyl (C=O) groups is 1. The van der Waals surface area contributed by atoms with E-state index in [9.17, 15) is 4.79 Å². The molecule has 0 aromatic carbocycles. The van der Waals surface area contributed by atoms with Crippen LogP contribution in [-0.4, -0.2) is 36.0 Å². The Bertz CT molecular complexity index is 326. The highest BCUT2D eigenvalue weighted by molar-refractivity contribution is 5.76. The molecule has 0 aromatic heterocycles. The molecule has 2 fully saturated rings. The number of rotatable bonds is 2. The van der Waals surface area contributed by atoms with Crippen molar-refractivity contribution >= 4 is 5.91 Å². The number of carbonyl (C=O) groups excluding carboxylic acids is 1. The number of fused-ring (bicyclic) bond motifs is 2. The van der Waals surface area contributed by atoms with E-state index >= 15 is 0 Å². The first-order valence-electron chi connectivity index (χ1n) is 7.02. The van der Waals surface area contributed by atoms with Crippen molar-refractivity contribution in [1.29, 1.82) is 0 Å². The molecule has 1 amide bonds. The number of allylic oxidation sites excluding steroid dienone is 2. The fourth-order valence-corrected chi connectivity index (χ4v) is 3.39. The molecule has 3 unspecified atom stereocenters. The van der Waals surface area contributed by atoms with Crippen molar-refractivity contribution in [3.8, 4) is 0 Å². The Hall–Kier alpha value is -0.830.